The SMILES string of the molecule is Cc1nc(-c2ccccc2)sc1C(=O)NNC(=O)OCCOc1ccc2ccccc2c1. The van der Waals surface area contributed by atoms with E-state index in [1.807, 2.05) is 72.8 Å². The fraction of sp³-hybridized carbons (Fsp3) is 0.125. The smallest absolute Gasteiger partial charge is 0.426 e. The Balaban J connectivity index is 1.22. The van der Waals surface area contributed by atoms with Crippen LogP contribution in [-0.2, 0) is 4.74 Å². The number of amides is 2. The highest BCUT2D eigenvalue weighted by Gasteiger charge is 2.17. The highest BCUT2D eigenvalue weighted by Crippen LogP contribution is 2.27. The van der Waals surface area contributed by atoms with E-state index < -0.39 is 12.0 Å². The quantitative estimate of drug-likeness (QED) is 0.330. The summed E-state index contributed by atoms with van der Waals surface area (Å²) in [4.78, 5) is 29.1. The van der Waals surface area contributed by atoms with Crippen LogP contribution in [0.5, 0.6) is 5.75 Å². The van der Waals surface area contributed by atoms with Crippen molar-refractivity contribution in [2.75, 3.05) is 13.2 Å². The number of aromatic nitrogens is 1. The Bertz CT molecular complexity index is 1240. The van der Waals surface area contributed by atoms with Gasteiger partial charge in [-0.05, 0) is 29.8 Å². The highest BCUT2D eigenvalue weighted by molar-refractivity contribution is 7.17. The molecule has 8 heteroatoms. The number of benzene rings is 3. The van der Waals surface area contributed by atoms with Gasteiger partial charge in [0, 0.05) is 5.56 Å². The van der Waals surface area contributed by atoms with Crippen LogP contribution in [-0.4, -0.2) is 30.2 Å². The Labute approximate surface area is 189 Å². The largest absolute Gasteiger partial charge is 0.490 e. The van der Waals surface area contributed by atoms with E-state index in [1.165, 1.54) is 11.3 Å². The number of hydrogen-bond donors (Lipinski definition) is 2. The lowest BCUT2D eigenvalue weighted by molar-refractivity contribution is 0.0899. The van der Waals surface area contributed by atoms with Crippen LogP contribution >= 0.6 is 11.3 Å². The summed E-state index contributed by atoms with van der Waals surface area (Å²) in [6.07, 6.45) is -0.772. The molecule has 162 valence electrons. The van der Waals surface area contributed by atoms with Gasteiger partial charge in [0.1, 0.15) is 28.8 Å². The second-order valence-electron chi connectivity index (χ2n) is 6.87. The normalized spacial score (nSPS) is 10.5. The minimum absolute atomic E-state index is 0.0340. The van der Waals surface area contributed by atoms with Gasteiger partial charge >= 0.3 is 6.09 Å². The number of thiazole rings is 1. The maximum atomic E-state index is 12.4. The Hall–Kier alpha value is -3.91. The van der Waals surface area contributed by atoms with Gasteiger partial charge in [-0.3, -0.25) is 10.2 Å². The highest BCUT2D eigenvalue weighted by atomic mass is 32.1. The third kappa shape index (κ3) is 5.22. The van der Waals surface area contributed by atoms with Crippen molar-refractivity contribution < 1.29 is 19.1 Å². The number of aryl methyl sites for hydroxylation is 1. The standard InChI is InChI=1S/C24H21N3O4S/c1-16-21(32-23(25-16)18-8-3-2-4-9-18)22(28)26-27-24(29)31-14-13-30-20-12-11-17-7-5-6-10-19(17)15-20/h2-12,15H,13-14H2,1H3,(H,26,28)(H,27,29). The number of hydrogen-bond acceptors (Lipinski definition) is 6. The fourth-order valence-electron chi connectivity index (χ4n) is 3.06. The number of nitrogens with one attached hydrogen (secondary N) is 2. The molecule has 2 N–H and O–H groups in total. The van der Waals surface area contributed by atoms with Gasteiger partial charge in [-0.15, -0.1) is 11.3 Å². The maximum Gasteiger partial charge on any atom is 0.426 e. The molecular formula is C24H21N3O4S. The predicted octanol–water partition coefficient (Wildman–Crippen LogP) is 4.72. The van der Waals surface area contributed by atoms with Crippen molar-refractivity contribution in [1.29, 1.82) is 0 Å². The lowest BCUT2D eigenvalue weighted by atomic mass is 10.1. The summed E-state index contributed by atoms with van der Waals surface area (Å²) in [6, 6.07) is 23.3. The average molecular weight is 448 g/mol. The number of ether oxygens (including phenoxy) is 2. The lowest BCUT2D eigenvalue weighted by Gasteiger charge is -2.09. The monoisotopic (exact) mass is 447 g/mol. The second kappa shape index (κ2) is 9.93. The summed E-state index contributed by atoms with van der Waals surface area (Å²) in [5.41, 5.74) is 6.11. The molecular weight excluding hydrogens is 426 g/mol. The van der Waals surface area contributed by atoms with Crippen LogP contribution in [0.4, 0.5) is 4.79 Å². The van der Waals surface area contributed by atoms with Crippen LogP contribution < -0.4 is 15.6 Å². The zero-order valence-corrected chi connectivity index (χ0v) is 18.1. The molecule has 0 aliphatic rings. The van der Waals surface area contributed by atoms with Crippen LogP contribution in [0, 0.1) is 6.92 Å². The first-order valence-corrected chi connectivity index (χ1v) is 10.8. The van der Waals surface area contributed by atoms with Gasteiger partial charge < -0.3 is 9.47 Å². The minimum Gasteiger partial charge on any atom is -0.490 e. The average Bonchev–Trinajstić information content (AvgIpc) is 3.22. The molecule has 0 radical (unpaired) electrons. The Morgan fingerprint density at radius 2 is 1.66 bits per heavy atom. The second-order valence-corrected chi connectivity index (χ2v) is 7.87. The molecule has 1 heterocycles. The number of rotatable bonds is 6. The van der Waals surface area contributed by atoms with Gasteiger partial charge in [0.15, 0.2) is 0 Å². The van der Waals surface area contributed by atoms with Crippen molar-refractivity contribution in [1.82, 2.24) is 15.8 Å². The van der Waals surface area contributed by atoms with Crippen LogP contribution in [0.2, 0.25) is 0 Å². The molecule has 0 bridgehead atoms. The third-order valence-electron chi connectivity index (χ3n) is 4.61. The van der Waals surface area contributed by atoms with Gasteiger partial charge in [-0.25, -0.2) is 15.2 Å². The van der Waals surface area contributed by atoms with E-state index in [-0.39, 0.29) is 13.2 Å². The summed E-state index contributed by atoms with van der Waals surface area (Å²) >= 11 is 1.26. The number of fused-ring (bicyclic) bond motifs is 1. The zero-order valence-electron chi connectivity index (χ0n) is 17.3. The molecule has 0 saturated carbocycles. The molecule has 7 nitrogen and oxygen atoms in total. The van der Waals surface area contributed by atoms with Crippen molar-refractivity contribution in [3.63, 3.8) is 0 Å². The maximum absolute atomic E-state index is 12.4. The minimum atomic E-state index is -0.772. The Morgan fingerprint density at radius 3 is 2.47 bits per heavy atom. The lowest BCUT2D eigenvalue weighted by Crippen LogP contribution is -2.42. The molecule has 0 unspecified atom stereocenters. The van der Waals surface area contributed by atoms with Gasteiger partial charge in [0.05, 0.1) is 5.69 Å². The first kappa shape index (κ1) is 21.3. The molecule has 0 spiro atoms. The summed E-state index contributed by atoms with van der Waals surface area (Å²) < 4.78 is 10.7. The number of hydrazine groups is 1. The van der Waals surface area contributed by atoms with E-state index in [0.717, 1.165) is 21.3 Å². The van der Waals surface area contributed by atoms with Gasteiger partial charge in [0.2, 0.25) is 0 Å². The first-order chi connectivity index (χ1) is 15.6. The first-order valence-electron chi connectivity index (χ1n) is 9.98. The molecule has 0 aliphatic heterocycles. The summed E-state index contributed by atoms with van der Waals surface area (Å²) in [6.45, 7) is 1.97. The third-order valence-corrected chi connectivity index (χ3v) is 5.81. The molecule has 1 aromatic heterocycles. The van der Waals surface area contributed by atoms with Crippen LogP contribution in [0.15, 0.2) is 72.8 Å². The van der Waals surface area contributed by atoms with Crippen molar-refractivity contribution in [2.24, 2.45) is 0 Å². The Kier molecular flexibility index (Phi) is 6.62. The van der Waals surface area contributed by atoms with E-state index in [9.17, 15) is 9.59 Å². The van der Waals surface area contributed by atoms with E-state index in [1.54, 1.807) is 6.92 Å². The fourth-order valence-corrected chi connectivity index (χ4v) is 4.03. The van der Waals surface area contributed by atoms with Crippen LogP contribution in [0.1, 0.15) is 15.4 Å². The number of carbonyl (C=O) groups excluding carboxylic acids is 2. The molecule has 0 atom stereocenters. The molecule has 32 heavy (non-hydrogen) atoms. The van der Waals surface area contributed by atoms with Crippen molar-refractivity contribution >= 4 is 34.1 Å². The zero-order chi connectivity index (χ0) is 22.3. The summed E-state index contributed by atoms with van der Waals surface area (Å²) in [7, 11) is 0. The topological polar surface area (TPSA) is 89.6 Å². The van der Waals surface area contributed by atoms with E-state index in [0.29, 0.717) is 16.3 Å². The summed E-state index contributed by atoms with van der Waals surface area (Å²) in [5.74, 6) is 0.238. The van der Waals surface area contributed by atoms with Crippen molar-refractivity contribution in [3.05, 3.63) is 83.4 Å². The number of carbonyl (C=O) groups is 2. The van der Waals surface area contributed by atoms with Gasteiger partial charge in [-0.1, -0.05) is 60.7 Å². The van der Waals surface area contributed by atoms with Crippen molar-refractivity contribution in [2.45, 2.75) is 6.92 Å². The van der Waals surface area contributed by atoms with E-state index >= 15 is 0 Å². The predicted molar refractivity (Wildman–Crippen MR) is 124 cm³/mol. The van der Waals surface area contributed by atoms with Gasteiger partial charge in [0.25, 0.3) is 5.91 Å². The molecule has 0 saturated heterocycles. The van der Waals surface area contributed by atoms with E-state index in [2.05, 4.69) is 15.8 Å². The molecule has 4 aromatic rings. The molecule has 4 rings (SSSR count). The van der Waals surface area contributed by atoms with E-state index in [4.69, 9.17) is 9.47 Å². The van der Waals surface area contributed by atoms with Gasteiger partial charge in [-0.2, -0.15) is 0 Å². The molecule has 0 aliphatic carbocycles. The van der Waals surface area contributed by atoms with Crippen LogP contribution in [0.3, 0.4) is 0 Å². The van der Waals surface area contributed by atoms with Crippen molar-refractivity contribution in [3.8, 4) is 16.3 Å². The number of nitrogens with zero attached hydrogens (tertiary/aromatic N) is 1. The molecule has 2 amide bonds. The Morgan fingerprint density at radius 1 is 0.906 bits per heavy atom. The van der Waals surface area contributed by atoms with Crippen LogP contribution in [0.25, 0.3) is 21.3 Å². The molecule has 0 fully saturated rings. The summed E-state index contributed by atoms with van der Waals surface area (Å²) in [5, 5.41) is 2.93. The molecule has 3 aromatic carbocycles.